The Morgan fingerprint density at radius 1 is 1.37 bits per heavy atom. The van der Waals surface area contributed by atoms with Crippen LogP contribution in [-0.4, -0.2) is 69.5 Å². The second kappa shape index (κ2) is 5.14. The molecular formula is C11H19N5O3. The lowest BCUT2D eigenvalue weighted by atomic mass is 10.1. The summed E-state index contributed by atoms with van der Waals surface area (Å²) in [5, 5.41) is 16.7. The van der Waals surface area contributed by atoms with Crippen LogP contribution in [0.15, 0.2) is 4.63 Å². The maximum atomic E-state index is 12.1. The molecule has 1 amide bonds. The van der Waals surface area contributed by atoms with E-state index in [2.05, 4.69) is 19.8 Å². The number of amides is 1. The minimum absolute atomic E-state index is 0.0175. The number of carbonyl (C=O) groups excluding carboxylic acids is 1. The predicted molar refractivity (Wildman–Crippen MR) is 67.4 cm³/mol. The third-order valence-electron chi connectivity index (χ3n) is 2.99. The Bertz CT molecular complexity index is 445. The van der Waals surface area contributed by atoms with E-state index in [0.717, 1.165) is 0 Å². The van der Waals surface area contributed by atoms with Gasteiger partial charge in [0, 0.05) is 32.7 Å². The van der Waals surface area contributed by atoms with Gasteiger partial charge in [-0.15, -0.1) is 0 Å². The molecule has 0 aromatic carbocycles. The summed E-state index contributed by atoms with van der Waals surface area (Å²) in [6, 6.07) is 0. The lowest BCUT2D eigenvalue weighted by Crippen LogP contribution is -2.52. The van der Waals surface area contributed by atoms with Crippen LogP contribution < -0.4 is 5.73 Å². The van der Waals surface area contributed by atoms with Gasteiger partial charge in [-0.2, -0.15) is 0 Å². The number of nitrogen functional groups attached to an aromatic ring is 1. The number of hydrogen-bond donors (Lipinski definition) is 2. The third-order valence-corrected chi connectivity index (χ3v) is 2.99. The summed E-state index contributed by atoms with van der Waals surface area (Å²) < 4.78 is 4.43. The van der Waals surface area contributed by atoms with E-state index in [9.17, 15) is 9.90 Å². The molecule has 0 aliphatic carbocycles. The summed E-state index contributed by atoms with van der Waals surface area (Å²) in [4.78, 5) is 15.9. The smallest absolute Gasteiger partial charge is 0.280 e. The highest BCUT2D eigenvalue weighted by molar-refractivity contribution is 5.96. The predicted octanol–water partition coefficient (Wildman–Crippen LogP) is -0.819. The van der Waals surface area contributed by atoms with Crippen molar-refractivity contribution in [2.75, 3.05) is 38.5 Å². The Hall–Kier alpha value is -1.67. The van der Waals surface area contributed by atoms with Crippen molar-refractivity contribution in [3.05, 3.63) is 5.69 Å². The highest BCUT2D eigenvalue weighted by atomic mass is 16.6. The van der Waals surface area contributed by atoms with Gasteiger partial charge >= 0.3 is 0 Å². The molecule has 1 saturated heterocycles. The number of nitrogens with zero attached hydrogens (tertiary/aromatic N) is 4. The number of aliphatic hydroxyl groups is 1. The normalized spacial score (nSPS) is 17.7. The van der Waals surface area contributed by atoms with Gasteiger partial charge in [0.1, 0.15) is 0 Å². The van der Waals surface area contributed by atoms with Crippen molar-refractivity contribution in [2.45, 2.75) is 19.4 Å². The Balaban J connectivity index is 1.90. The topological polar surface area (TPSA) is 109 Å². The van der Waals surface area contributed by atoms with E-state index in [1.54, 1.807) is 18.7 Å². The fraction of sp³-hybridized carbons (Fsp3) is 0.727. The molecule has 0 radical (unpaired) electrons. The maximum absolute atomic E-state index is 12.1. The van der Waals surface area contributed by atoms with Gasteiger partial charge in [-0.05, 0) is 24.2 Å². The first-order valence-electron chi connectivity index (χ1n) is 6.19. The zero-order chi connectivity index (χ0) is 14.0. The van der Waals surface area contributed by atoms with Crippen molar-refractivity contribution in [1.29, 1.82) is 0 Å². The first-order chi connectivity index (χ1) is 8.87. The molecule has 19 heavy (non-hydrogen) atoms. The molecule has 1 fully saturated rings. The van der Waals surface area contributed by atoms with E-state index in [0.29, 0.717) is 32.7 Å². The first kappa shape index (κ1) is 13.8. The zero-order valence-corrected chi connectivity index (χ0v) is 11.2. The van der Waals surface area contributed by atoms with E-state index < -0.39 is 5.60 Å². The minimum atomic E-state index is -0.730. The van der Waals surface area contributed by atoms with Crippen molar-refractivity contribution in [3.8, 4) is 0 Å². The molecule has 1 aromatic rings. The second-order valence-electron chi connectivity index (χ2n) is 5.38. The molecule has 1 aliphatic heterocycles. The maximum Gasteiger partial charge on any atom is 0.280 e. The van der Waals surface area contributed by atoms with Gasteiger partial charge in [0.25, 0.3) is 5.91 Å². The van der Waals surface area contributed by atoms with Gasteiger partial charge in [-0.1, -0.05) is 0 Å². The van der Waals surface area contributed by atoms with Crippen LogP contribution in [0.1, 0.15) is 24.3 Å². The van der Waals surface area contributed by atoms with Crippen LogP contribution in [0.4, 0.5) is 5.82 Å². The minimum Gasteiger partial charge on any atom is -0.389 e. The van der Waals surface area contributed by atoms with E-state index >= 15 is 0 Å². The van der Waals surface area contributed by atoms with Gasteiger partial charge < -0.3 is 15.7 Å². The summed E-state index contributed by atoms with van der Waals surface area (Å²) in [5.74, 6) is -0.245. The molecule has 0 bridgehead atoms. The number of nitrogens with two attached hydrogens (primary N) is 1. The molecule has 0 unspecified atom stereocenters. The Morgan fingerprint density at radius 2 is 2.00 bits per heavy atom. The Morgan fingerprint density at radius 3 is 2.47 bits per heavy atom. The molecule has 8 nitrogen and oxygen atoms in total. The van der Waals surface area contributed by atoms with E-state index in [1.807, 2.05) is 0 Å². The van der Waals surface area contributed by atoms with Crippen LogP contribution in [0.3, 0.4) is 0 Å². The molecule has 106 valence electrons. The molecular weight excluding hydrogens is 250 g/mol. The number of rotatable bonds is 3. The largest absolute Gasteiger partial charge is 0.389 e. The molecule has 2 heterocycles. The molecule has 2 rings (SSSR count). The van der Waals surface area contributed by atoms with Gasteiger partial charge in [0.15, 0.2) is 0 Å². The molecule has 0 spiro atoms. The summed E-state index contributed by atoms with van der Waals surface area (Å²) in [6.07, 6.45) is 0. The lowest BCUT2D eigenvalue weighted by molar-refractivity contribution is 0.0176. The quantitative estimate of drug-likeness (QED) is 0.738. The van der Waals surface area contributed by atoms with E-state index in [1.165, 1.54) is 0 Å². The van der Waals surface area contributed by atoms with Crippen LogP contribution in [0.2, 0.25) is 0 Å². The van der Waals surface area contributed by atoms with Gasteiger partial charge in [0.05, 0.1) is 5.60 Å². The second-order valence-corrected chi connectivity index (χ2v) is 5.38. The summed E-state index contributed by atoms with van der Waals surface area (Å²) in [7, 11) is 0. The van der Waals surface area contributed by atoms with Crippen molar-refractivity contribution < 1.29 is 14.5 Å². The highest BCUT2D eigenvalue weighted by Gasteiger charge is 2.28. The zero-order valence-electron chi connectivity index (χ0n) is 11.2. The average molecular weight is 269 g/mol. The number of β-amino-alcohol motifs (C(OH)–C–C–N with tert-alkyl or cyclic N) is 1. The molecule has 3 N–H and O–H groups in total. The van der Waals surface area contributed by atoms with Gasteiger partial charge in [0.2, 0.25) is 11.5 Å². The van der Waals surface area contributed by atoms with E-state index in [4.69, 9.17) is 5.73 Å². The van der Waals surface area contributed by atoms with Crippen molar-refractivity contribution in [2.24, 2.45) is 0 Å². The fourth-order valence-corrected chi connectivity index (χ4v) is 2.15. The summed E-state index contributed by atoms with van der Waals surface area (Å²) in [6.45, 7) is 6.69. The third kappa shape index (κ3) is 3.42. The highest BCUT2D eigenvalue weighted by Crippen LogP contribution is 2.13. The van der Waals surface area contributed by atoms with Crippen molar-refractivity contribution in [1.82, 2.24) is 20.1 Å². The number of piperazine rings is 1. The Kier molecular flexibility index (Phi) is 3.72. The van der Waals surface area contributed by atoms with Crippen LogP contribution >= 0.6 is 0 Å². The van der Waals surface area contributed by atoms with Crippen LogP contribution in [0.5, 0.6) is 0 Å². The molecule has 0 saturated carbocycles. The number of aromatic nitrogens is 2. The van der Waals surface area contributed by atoms with Gasteiger partial charge in [-0.25, -0.2) is 4.63 Å². The standard InChI is InChI=1S/C11H19N5O3/c1-11(2,18)7-15-3-5-16(6-4-15)10(17)8-9(12)14-19-13-8/h18H,3-7H2,1-2H3,(H2,12,14). The first-order valence-corrected chi connectivity index (χ1v) is 6.19. The van der Waals surface area contributed by atoms with Crippen molar-refractivity contribution in [3.63, 3.8) is 0 Å². The molecule has 0 atom stereocenters. The fourth-order valence-electron chi connectivity index (χ4n) is 2.15. The summed E-state index contributed by atoms with van der Waals surface area (Å²) in [5.41, 5.74) is 4.84. The van der Waals surface area contributed by atoms with E-state index in [-0.39, 0.29) is 17.4 Å². The molecule has 1 aromatic heterocycles. The summed E-state index contributed by atoms with van der Waals surface area (Å²) >= 11 is 0. The number of anilines is 1. The lowest BCUT2D eigenvalue weighted by Gasteiger charge is -2.36. The average Bonchev–Trinajstić information content (AvgIpc) is 2.73. The molecule has 8 heteroatoms. The van der Waals surface area contributed by atoms with Crippen LogP contribution in [-0.2, 0) is 0 Å². The number of carbonyl (C=O) groups is 1. The van der Waals surface area contributed by atoms with Crippen LogP contribution in [0, 0.1) is 0 Å². The Labute approximate surface area is 111 Å². The van der Waals surface area contributed by atoms with Gasteiger partial charge in [-0.3, -0.25) is 9.69 Å². The SMILES string of the molecule is CC(C)(O)CN1CCN(C(=O)c2nonc2N)CC1. The number of hydrogen-bond acceptors (Lipinski definition) is 7. The van der Waals surface area contributed by atoms with Crippen molar-refractivity contribution >= 4 is 11.7 Å². The van der Waals surface area contributed by atoms with Crippen LogP contribution in [0.25, 0.3) is 0 Å². The monoisotopic (exact) mass is 269 g/mol. The molecule has 1 aliphatic rings.